The highest BCUT2D eigenvalue weighted by molar-refractivity contribution is 6.37. The fraction of sp³-hybridized carbons (Fsp3) is 0.381. The molecule has 4 nitrogen and oxygen atoms in total. The number of nitrogens with zero attached hydrogens (tertiary/aromatic N) is 2. The molecule has 0 radical (unpaired) electrons. The van der Waals surface area contributed by atoms with Crippen LogP contribution in [0.3, 0.4) is 0 Å². The topological polar surface area (TPSA) is 39.3 Å². The van der Waals surface area contributed by atoms with Gasteiger partial charge < -0.3 is 4.98 Å². The Morgan fingerprint density at radius 2 is 1.92 bits per heavy atom. The van der Waals surface area contributed by atoms with Gasteiger partial charge in [-0.1, -0.05) is 18.0 Å². The van der Waals surface area contributed by atoms with E-state index in [0.29, 0.717) is 17.3 Å². The monoisotopic (exact) mass is 369 g/mol. The third kappa shape index (κ3) is 3.19. The van der Waals surface area contributed by atoms with Gasteiger partial charge in [-0.25, -0.2) is 0 Å². The predicted molar refractivity (Wildman–Crippen MR) is 107 cm³/mol. The number of amides is 1. The van der Waals surface area contributed by atoms with Crippen LogP contribution in [0, 0.1) is 13.8 Å². The van der Waals surface area contributed by atoms with E-state index in [2.05, 4.69) is 22.9 Å². The van der Waals surface area contributed by atoms with Crippen molar-refractivity contribution < 1.29 is 4.79 Å². The van der Waals surface area contributed by atoms with E-state index >= 15 is 0 Å². The number of piperidine rings is 1. The number of rotatable bonds is 3. The van der Waals surface area contributed by atoms with Crippen molar-refractivity contribution in [2.24, 2.45) is 0 Å². The number of aromatic amines is 1. The molecule has 1 N–H and O–H groups in total. The molecule has 3 heterocycles. The second-order valence-corrected chi connectivity index (χ2v) is 7.76. The zero-order valence-corrected chi connectivity index (χ0v) is 16.1. The molecule has 4 rings (SSSR count). The van der Waals surface area contributed by atoms with E-state index in [1.165, 1.54) is 19.3 Å². The van der Waals surface area contributed by atoms with Gasteiger partial charge in [-0.2, -0.15) is 0 Å². The molecule has 2 aromatic rings. The Morgan fingerprint density at radius 3 is 2.62 bits per heavy atom. The number of hydrogen-bond donors (Lipinski definition) is 1. The number of aromatic nitrogens is 1. The first-order valence-electron chi connectivity index (χ1n) is 9.25. The maximum atomic E-state index is 13.2. The molecule has 0 aliphatic carbocycles. The van der Waals surface area contributed by atoms with Crippen LogP contribution in [0.5, 0.6) is 0 Å². The van der Waals surface area contributed by atoms with Crippen molar-refractivity contribution in [3.8, 4) is 0 Å². The Balaban J connectivity index is 1.73. The van der Waals surface area contributed by atoms with E-state index in [-0.39, 0.29) is 5.91 Å². The molecule has 26 heavy (non-hydrogen) atoms. The summed E-state index contributed by atoms with van der Waals surface area (Å²) in [5.41, 5.74) is 5.81. The van der Waals surface area contributed by atoms with Crippen molar-refractivity contribution in [1.82, 2.24) is 9.88 Å². The van der Waals surface area contributed by atoms with E-state index in [0.717, 1.165) is 41.3 Å². The quantitative estimate of drug-likeness (QED) is 0.802. The molecule has 136 valence electrons. The van der Waals surface area contributed by atoms with Gasteiger partial charge in [0.2, 0.25) is 0 Å². The summed E-state index contributed by atoms with van der Waals surface area (Å²) < 4.78 is 0. The highest BCUT2D eigenvalue weighted by Gasteiger charge is 2.34. The number of nitrogens with one attached hydrogen (secondary N) is 1. The number of benzene rings is 1. The van der Waals surface area contributed by atoms with E-state index < -0.39 is 0 Å². The first-order valence-corrected chi connectivity index (χ1v) is 9.63. The van der Waals surface area contributed by atoms with Gasteiger partial charge in [0, 0.05) is 22.0 Å². The number of carbonyl (C=O) groups excluding carboxylic acids is 1. The molecule has 2 aliphatic heterocycles. The lowest BCUT2D eigenvalue weighted by atomic mass is 10.1. The molecular weight excluding hydrogens is 346 g/mol. The molecule has 1 saturated heterocycles. The minimum atomic E-state index is 0.0551. The van der Waals surface area contributed by atoms with Gasteiger partial charge in [0.15, 0.2) is 0 Å². The molecule has 0 saturated carbocycles. The van der Waals surface area contributed by atoms with Gasteiger partial charge in [-0.05, 0) is 75.7 Å². The zero-order chi connectivity index (χ0) is 18.3. The highest BCUT2D eigenvalue weighted by Crippen LogP contribution is 2.39. The summed E-state index contributed by atoms with van der Waals surface area (Å²) in [5.74, 6) is 0.0551. The van der Waals surface area contributed by atoms with E-state index in [1.54, 1.807) is 0 Å². The Hall–Kier alpha value is -2.04. The summed E-state index contributed by atoms with van der Waals surface area (Å²) in [7, 11) is 0. The predicted octanol–water partition coefficient (Wildman–Crippen LogP) is 4.62. The standard InChI is InChI=1S/C21H24ClN3O/c1-14-10-15(2)23-19(14)12-18-17-11-16(22)6-7-20(17)25(21(18)26)13-24-8-4-3-5-9-24/h6-7,10-12,23H,3-5,8-9,13H2,1-2H3/b18-12+. The first kappa shape index (κ1) is 17.4. The van der Waals surface area contributed by atoms with Crippen LogP contribution in [0.1, 0.15) is 41.8 Å². The number of aryl methyl sites for hydroxylation is 2. The molecule has 0 spiro atoms. The first-order chi connectivity index (χ1) is 12.5. The van der Waals surface area contributed by atoms with Crippen molar-refractivity contribution in [1.29, 1.82) is 0 Å². The molecular formula is C21H24ClN3O. The second kappa shape index (κ2) is 6.93. The summed E-state index contributed by atoms with van der Waals surface area (Å²) in [4.78, 5) is 20.9. The van der Waals surface area contributed by atoms with E-state index in [1.807, 2.05) is 36.1 Å². The van der Waals surface area contributed by atoms with Crippen molar-refractivity contribution in [3.63, 3.8) is 0 Å². The summed E-state index contributed by atoms with van der Waals surface area (Å²) in [6.45, 7) is 6.84. The van der Waals surface area contributed by atoms with Crippen LogP contribution in [0.4, 0.5) is 5.69 Å². The number of hydrogen-bond acceptors (Lipinski definition) is 2. The van der Waals surface area contributed by atoms with Crippen LogP contribution in [0.25, 0.3) is 11.6 Å². The minimum Gasteiger partial charge on any atom is -0.359 e. The van der Waals surface area contributed by atoms with Gasteiger partial charge in [0.25, 0.3) is 5.91 Å². The third-order valence-electron chi connectivity index (χ3n) is 5.28. The van der Waals surface area contributed by atoms with Crippen molar-refractivity contribution in [3.05, 3.63) is 51.8 Å². The molecule has 1 aromatic heterocycles. The van der Waals surface area contributed by atoms with E-state index in [4.69, 9.17) is 11.6 Å². The number of H-pyrrole nitrogens is 1. The van der Waals surface area contributed by atoms with Crippen LogP contribution < -0.4 is 4.90 Å². The van der Waals surface area contributed by atoms with E-state index in [9.17, 15) is 4.79 Å². The number of carbonyl (C=O) groups is 1. The Bertz CT molecular complexity index is 877. The summed E-state index contributed by atoms with van der Waals surface area (Å²) >= 11 is 6.24. The molecule has 1 aromatic carbocycles. The molecule has 0 unspecified atom stereocenters. The Morgan fingerprint density at radius 1 is 1.15 bits per heavy atom. The Labute approximate surface area is 159 Å². The Kier molecular flexibility index (Phi) is 4.63. The van der Waals surface area contributed by atoms with Crippen molar-refractivity contribution in [2.45, 2.75) is 33.1 Å². The van der Waals surface area contributed by atoms with Crippen LogP contribution in [0.2, 0.25) is 5.02 Å². The zero-order valence-electron chi connectivity index (χ0n) is 15.3. The molecule has 0 atom stereocenters. The smallest absolute Gasteiger partial charge is 0.260 e. The SMILES string of the molecule is Cc1cc(C)c(/C=C2/C(=O)N(CN3CCCCC3)c3ccc(Cl)cc32)[nH]1. The molecule has 5 heteroatoms. The van der Waals surface area contributed by atoms with Gasteiger partial charge >= 0.3 is 0 Å². The van der Waals surface area contributed by atoms with Crippen molar-refractivity contribution in [2.75, 3.05) is 24.7 Å². The van der Waals surface area contributed by atoms with Crippen LogP contribution >= 0.6 is 11.6 Å². The average molecular weight is 370 g/mol. The lowest BCUT2D eigenvalue weighted by molar-refractivity contribution is -0.113. The number of halogens is 1. The number of fused-ring (bicyclic) bond motifs is 1. The van der Waals surface area contributed by atoms with Crippen LogP contribution in [-0.4, -0.2) is 35.5 Å². The second-order valence-electron chi connectivity index (χ2n) is 7.32. The van der Waals surface area contributed by atoms with Gasteiger partial charge in [0.05, 0.1) is 17.9 Å². The molecule has 1 amide bonds. The summed E-state index contributed by atoms with van der Waals surface area (Å²) in [5, 5.41) is 0.654. The van der Waals surface area contributed by atoms with Crippen molar-refractivity contribution >= 4 is 34.8 Å². The molecule has 1 fully saturated rings. The highest BCUT2D eigenvalue weighted by atomic mass is 35.5. The lowest BCUT2D eigenvalue weighted by Gasteiger charge is -2.30. The van der Waals surface area contributed by atoms with Crippen LogP contribution in [0.15, 0.2) is 24.3 Å². The summed E-state index contributed by atoms with van der Waals surface area (Å²) in [6, 6.07) is 7.83. The normalized spacial score (nSPS) is 19.4. The van der Waals surface area contributed by atoms with Gasteiger partial charge in [-0.15, -0.1) is 0 Å². The average Bonchev–Trinajstić information content (AvgIpc) is 3.07. The maximum absolute atomic E-state index is 13.2. The third-order valence-corrected chi connectivity index (χ3v) is 5.52. The summed E-state index contributed by atoms with van der Waals surface area (Å²) in [6.07, 6.45) is 5.67. The molecule has 0 bridgehead atoms. The fourth-order valence-electron chi connectivity index (χ4n) is 3.95. The number of anilines is 1. The largest absolute Gasteiger partial charge is 0.359 e. The number of likely N-dealkylation sites (tertiary alicyclic amines) is 1. The van der Waals surface area contributed by atoms with Gasteiger partial charge in [-0.3, -0.25) is 14.6 Å². The van der Waals surface area contributed by atoms with Crippen LogP contribution in [-0.2, 0) is 4.79 Å². The molecule has 2 aliphatic rings. The fourth-order valence-corrected chi connectivity index (χ4v) is 4.13. The lowest BCUT2D eigenvalue weighted by Crippen LogP contribution is -2.42. The maximum Gasteiger partial charge on any atom is 0.260 e. The minimum absolute atomic E-state index is 0.0551. The van der Waals surface area contributed by atoms with Gasteiger partial charge in [0.1, 0.15) is 0 Å².